The van der Waals surface area contributed by atoms with E-state index in [1.165, 1.54) is 6.20 Å². The van der Waals surface area contributed by atoms with Gasteiger partial charge in [0.05, 0.1) is 62.1 Å². The Labute approximate surface area is 270 Å². The van der Waals surface area contributed by atoms with Crippen LogP contribution >= 0.6 is 27.5 Å². The molecule has 12 nitrogen and oxygen atoms in total. The summed E-state index contributed by atoms with van der Waals surface area (Å²) in [5.74, 6) is 1.88. The molecule has 236 valence electrons. The Balaban J connectivity index is 1.20. The van der Waals surface area contributed by atoms with Crippen molar-refractivity contribution in [2.45, 2.75) is 25.3 Å². The Hall–Kier alpha value is -3.04. The van der Waals surface area contributed by atoms with Gasteiger partial charge in [-0.05, 0) is 46.5 Å². The van der Waals surface area contributed by atoms with Gasteiger partial charge < -0.3 is 29.7 Å². The number of sulfonamides is 1. The van der Waals surface area contributed by atoms with Gasteiger partial charge in [0, 0.05) is 55.2 Å². The number of halogens is 2. The lowest BCUT2D eigenvalue weighted by molar-refractivity contribution is 0.0115. The summed E-state index contributed by atoms with van der Waals surface area (Å²) in [7, 11) is -1.91. The Kier molecular flexibility index (Phi) is 9.24. The van der Waals surface area contributed by atoms with Crippen LogP contribution in [0.5, 0.6) is 11.5 Å². The van der Waals surface area contributed by atoms with E-state index in [-0.39, 0.29) is 16.8 Å². The molecule has 0 unspecified atom stereocenters. The van der Waals surface area contributed by atoms with Gasteiger partial charge in [-0.2, -0.15) is 4.98 Å². The largest absolute Gasteiger partial charge is 0.494 e. The predicted octanol–water partition coefficient (Wildman–Crippen LogP) is 5.00. The van der Waals surface area contributed by atoms with Crippen LogP contribution in [-0.4, -0.2) is 88.7 Å². The van der Waals surface area contributed by atoms with E-state index in [2.05, 4.69) is 51.1 Å². The standard InChI is InChI=1S/C29H35BrClN7O5S/c1-41-27-16-25(38-6-3-19(4-7-38)37-8-11-42-12-9-37)20(30)14-24(27)34-29-32-17-21(31)28(35-29)33-22-15-26-18(5-10-43-26)13-23(22)36-44(2,39)40/h13-17,19,36H,3-12H2,1-2H3,(H2,32,33,34,35). The summed E-state index contributed by atoms with van der Waals surface area (Å²) < 4.78 is 44.6. The molecule has 3 aliphatic heterocycles. The van der Waals surface area contributed by atoms with Crippen molar-refractivity contribution in [3.8, 4) is 11.5 Å². The molecule has 3 N–H and O–H groups in total. The van der Waals surface area contributed by atoms with Gasteiger partial charge >= 0.3 is 0 Å². The van der Waals surface area contributed by atoms with E-state index in [9.17, 15) is 8.42 Å². The number of anilines is 6. The van der Waals surface area contributed by atoms with Gasteiger partial charge in [-0.15, -0.1) is 0 Å². The lowest BCUT2D eigenvalue weighted by atomic mass is 10.0. The Morgan fingerprint density at radius 1 is 1.02 bits per heavy atom. The molecule has 2 fully saturated rings. The third kappa shape index (κ3) is 7.09. The first kappa shape index (κ1) is 31.0. The van der Waals surface area contributed by atoms with Crippen LogP contribution in [0.4, 0.5) is 34.5 Å². The molecule has 4 heterocycles. The zero-order chi connectivity index (χ0) is 30.8. The number of rotatable bonds is 9. The minimum Gasteiger partial charge on any atom is -0.494 e. The van der Waals surface area contributed by atoms with Crippen LogP contribution in [0.15, 0.2) is 34.9 Å². The van der Waals surface area contributed by atoms with Gasteiger partial charge in [0.25, 0.3) is 0 Å². The minimum atomic E-state index is -3.54. The average Bonchev–Trinajstić information content (AvgIpc) is 3.46. The molecular weight excluding hydrogens is 674 g/mol. The molecule has 0 atom stereocenters. The second kappa shape index (κ2) is 13.1. The monoisotopic (exact) mass is 707 g/mol. The van der Waals surface area contributed by atoms with E-state index in [4.69, 9.17) is 25.8 Å². The summed E-state index contributed by atoms with van der Waals surface area (Å²) in [4.78, 5) is 13.9. The van der Waals surface area contributed by atoms with Crippen molar-refractivity contribution in [2.24, 2.45) is 0 Å². The van der Waals surface area contributed by atoms with Crippen molar-refractivity contribution in [1.82, 2.24) is 14.9 Å². The fourth-order valence-electron chi connectivity index (χ4n) is 5.84. The summed E-state index contributed by atoms with van der Waals surface area (Å²) >= 11 is 10.2. The summed E-state index contributed by atoms with van der Waals surface area (Å²) in [5, 5.41) is 6.65. The van der Waals surface area contributed by atoms with Crippen molar-refractivity contribution in [3.05, 3.63) is 45.5 Å². The Morgan fingerprint density at radius 2 is 1.80 bits per heavy atom. The molecule has 1 aromatic heterocycles. The SMILES string of the molecule is COc1cc(N2CCC(N3CCOCC3)CC2)c(Br)cc1Nc1ncc(Cl)c(Nc2cc3c(cc2NS(C)(=O)=O)CCO3)n1. The maximum atomic E-state index is 12.1. The predicted molar refractivity (Wildman–Crippen MR) is 176 cm³/mol. The number of ether oxygens (including phenoxy) is 3. The van der Waals surface area contributed by atoms with Crippen LogP contribution in [0, 0.1) is 0 Å². The number of benzene rings is 2. The fourth-order valence-corrected chi connectivity index (χ4v) is 7.14. The maximum Gasteiger partial charge on any atom is 0.229 e. The van der Waals surface area contributed by atoms with E-state index in [1.54, 1.807) is 19.2 Å². The number of hydrogen-bond donors (Lipinski definition) is 3. The van der Waals surface area contributed by atoms with E-state index in [0.29, 0.717) is 47.6 Å². The van der Waals surface area contributed by atoms with Gasteiger partial charge in [0.2, 0.25) is 16.0 Å². The Bertz CT molecular complexity index is 1630. The molecule has 3 aliphatic rings. The first-order chi connectivity index (χ1) is 21.2. The smallest absolute Gasteiger partial charge is 0.229 e. The number of aromatic nitrogens is 2. The van der Waals surface area contributed by atoms with Crippen molar-refractivity contribution < 1.29 is 22.6 Å². The van der Waals surface area contributed by atoms with Crippen molar-refractivity contribution in [3.63, 3.8) is 0 Å². The number of nitrogens with zero attached hydrogens (tertiary/aromatic N) is 4. The first-order valence-electron chi connectivity index (χ1n) is 14.5. The summed E-state index contributed by atoms with van der Waals surface area (Å²) in [5.41, 5.74) is 3.48. The molecular formula is C29H35BrClN7O5S. The quantitative estimate of drug-likeness (QED) is 0.278. The molecule has 6 rings (SSSR count). The summed E-state index contributed by atoms with van der Waals surface area (Å²) in [6.07, 6.45) is 5.47. The number of morpholine rings is 1. The van der Waals surface area contributed by atoms with Crippen LogP contribution in [0.3, 0.4) is 0 Å². The first-order valence-corrected chi connectivity index (χ1v) is 17.5. The highest BCUT2D eigenvalue weighted by molar-refractivity contribution is 9.10. The number of piperidine rings is 1. The summed E-state index contributed by atoms with van der Waals surface area (Å²) in [6.45, 7) is 6.08. The fraction of sp³-hybridized carbons (Fsp3) is 0.448. The zero-order valence-corrected chi connectivity index (χ0v) is 27.7. The van der Waals surface area contributed by atoms with Crippen LogP contribution in [0.1, 0.15) is 18.4 Å². The third-order valence-corrected chi connectivity index (χ3v) is 9.51. The van der Waals surface area contributed by atoms with Crippen molar-refractivity contribution in [1.29, 1.82) is 0 Å². The molecule has 0 bridgehead atoms. The van der Waals surface area contributed by atoms with Crippen molar-refractivity contribution in [2.75, 3.05) is 79.6 Å². The Morgan fingerprint density at radius 3 is 2.52 bits per heavy atom. The molecule has 2 saturated heterocycles. The normalized spacial score (nSPS) is 17.6. The highest BCUT2D eigenvalue weighted by Gasteiger charge is 2.27. The number of fused-ring (bicyclic) bond motifs is 1. The molecule has 44 heavy (non-hydrogen) atoms. The number of nitrogens with one attached hydrogen (secondary N) is 3. The van der Waals surface area contributed by atoms with Crippen LogP contribution < -0.4 is 29.7 Å². The molecule has 0 radical (unpaired) electrons. The van der Waals surface area contributed by atoms with E-state index < -0.39 is 10.0 Å². The molecule has 0 saturated carbocycles. The maximum absolute atomic E-state index is 12.1. The highest BCUT2D eigenvalue weighted by Crippen LogP contribution is 2.40. The van der Waals surface area contributed by atoms with Crippen LogP contribution in [0.2, 0.25) is 5.02 Å². The molecule has 0 aliphatic carbocycles. The molecule has 15 heteroatoms. The van der Waals surface area contributed by atoms with Crippen LogP contribution in [-0.2, 0) is 21.2 Å². The molecule has 2 aromatic carbocycles. The molecule has 3 aromatic rings. The average molecular weight is 709 g/mol. The lowest BCUT2D eigenvalue weighted by Crippen LogP contribution is -2.49. The van der Waals surface area contributed by atoms with Gasteiger partial charge in [-0.3, -0.25) is 9.62 Å². The van der Waals surface area contributed by atoms with Crippen LogP contribution in [0.25, 0.3) is 0 Å². The zero-order valence-electron chi connectivity index (χ0n) is 24.5. The third-order valence-electron chi connectivity index (χ3n) is 8.00. The number of hydrogen-bond acceptors (Lipinski definition) is 11. The van der Waals surface area contributed by atoms with Gasteiger partial charge in [-0.1, -0.05) is 11.6 Å². The van der Waals surface area contributed by atoms with Gasteiger partial charge in [-0.25, -0.2) is 13.4 Å². The van der Waals surface area contributed by atoms with Gasteiger partial charge in [0.15, 0.2) is 5.82 Å². The van der Waals surface area contributed by atoms with E-state index in [0.717, 1.165) is 74.2 Å². The number of methoxy groups -OCH3 is 1. The van der Waals surface area contributed by atoms with E-state index >= 15 is 0 Å². The topological polar surface area (TPSA) is 130 Å². The molecule has 0 amide bonds. The molecule has 0 spiro atoms. The van der Waals surface area contributed by atoms with Crippen molar-refractivity contribution >= 4 is 72.1 Å². The van der Waals surface area contributed by atoms with E-state index in [1.807, 2.05) is 12.1 Å². The van der Waals surface area contributed by atoms with Gasteiger partial charge in [0.1, 0.15) is 16.5 Å². The summed E-state index contributed by atoms with van der Waals surface area (Å²) in [6, 6.07) is 8.06. The minimum absolute atomic E-state index is 0.256. The second-order valence-corrected chi connectivity index (χ2v) is 14.0. The lowest BCUT2D eigenvalue weighted by Gasteiger charge is -2.41. The second-order valence-electron chi connectivity index (χ2n) is 11.0. The highest BCUT2D eigenvalue weighted by atomic mass is 79.9.